The summed E-state index contributed by atoms with van der Waals surface area (Å²) in [5.41, 5.74) is 0.789. The van der Waals surface area contributed by atoms with Crippen molar-refractivity contribution in [3.63, 3.8) is 0 Å². The van der Waals surface area contributed by atoms with Crippen molar-refractivity contribution in [2.75, 3.05) is 39.4 Å². The van der Waals surface area contributed by atoms with Gasteiger partial charge in [-0.05, 0) is 94.3 Å². The number of carbonyl (C=O) groups is 2. The van der Waals surface area contributed by atoms with E-state index in [0.29, 0.717) is 57.5 Å². The summed E-state index contributed by atoms with van der Waals surface area (Å²) >= 11 is 0. The number of furan rings is 1. The van der Waals surface area contributed by atoms with E-state index in [2.05, 4.69) is 31.7 Å². The average molecular weight is 687 g/mol. The third-order valence-corrected chi connectivity index (χ3v) is 12.9. The number of rotatable bonds is 9. The van der Waals surface area contributed by atoms with Crippen molar-refractivity contribution >= 4 is 30.1 Å². The van der Waals surface area contributed by atoms with Gasteiger partial charge in [0.15, 0.2) is 0 Å². The van der Waals surface area contributed by atoms with Gasteiger partial charge >= 0.3 is 13.2 Å². The van der Waals surface area contributed by atoms with E-state index in [9.17, 15) is 20.0 Å². The largest absolute Gasteiger partial charge is 0.482 e. The quantitative estimate of drug-likeness (QED) is 0.206. The Balaban J connectivity index is 1.18. The fourth-order valence-corrected chi connectivity index (χ4v) is 9.75. The first-order valence-corrected chi connectivity index (χ1v) is 18.4. The minimum Gasteiger partial charge on any atom is -0.465 e. The molecule has 3 aliphatic heterocycles. The number of carboxylic acid groups (broad SMARTS) is 1. The van der Waals surface area contributed by atoms with Crippen LogP contribution in [-0.4, -0.2) is 108 Å². The minimum absolute atomic E-state index is 0.0786. The van der Waals surface area contributed by atoms with Crippen LogP contribution in [0, 0.1) is 28.6 Å². The molecule has 4 heterocycles. The lowest BCUT2D eigenvalue weighted by Gasteiger charge is -2.64. The first kappa shape index (κ1) is 35.1. The van der Waals surface area contributed by atoms with Crippen molar-refractivity contribution in [2.24, 2.45) is 17.3 Å². The number of fused-ring (bicyclic) bond motifs is 1. The number of morpholine rings is 1. The molecule has 6 atom stereocenters. The molecule has 12 heteroatoms. The van der Waals surface area contributed by atoms with Crippen molar-refractivity contribution in [1.82, 2.24) is 14.7 Å². The minimum atomic E-state index is -1.10. The molecule has 1 N–H and O–H groups in total. The number of para-hydroxylation sites is 1. The highest BCUT2D eigenvalue weighted by molar-refractivity contribution is 6.48. The van der Waals surface area contributed by atoms with E-state index in [4.69, 9.17) is 18.5 Å². The summed E-state index contributed by atoms with van der Waals surface area (Å²) in [6.07, 6.45) is 6.85. The fourth-order valence-electron chi connectivity index (χ4n) is 9.75. The molecule has 268 valence electrons. The summed E-state index contributed by atoms with van der Waals surface area (Å²) in [6.45, 7) is 14.0. The Morgan fingerprint density at radius 2 is 1.92 bits per heavy atom. The van der Waals surface area contributed by atoms with Crippen LogP contribution in [0.2, 0.25) is 0 Å². The number of nitrogens with zero attached hydrogens (tertiary/aromatic N) is 4. The molecule has 3 saturated heterocycles. The molecule has 6 fully saturated rings. The Bertz CT molecular complexity index is 1680. The topological polar surface area (TPSA) is 129 Å². The van der Waals surface area contributed by atoms with Crippen LogP contribution in [0.1, 0.15) is 72.3 Å². The Morgan fingerprint density at radius 1 is 1.16 bits per heavy atom. The molecule has 1 aromatic carbocycles. The molecule has 2 bridgehead atoms. The molecule has 1 aromatic heterocycles. The van der Waals surface area contributed by atoms with Gasteiger partial charge in [-0.3, -0.25) is 9.69 Å². The number of ether oxygens (including phenoxy) is 1. The molecular formula is C38H51BN4O7. The second-order valence-electron chi connectivity index (χ2n) is 16.4. The monoisotopic (exact) mass is 686 g/mol. The van der Waals surface area contributed by atoms with Crippen LogP contribution in [0.4, 0.5) is 4.79 Å². The normalized spacial score (nSPS) is 30.4. The maximum absolute atomic E-state index is 14.2. The number of amides is 2. The third-order valence-electron chi connectivity index (χ3n) is 12.9. The molecule has 0 spiro atoms. The van der Waals surface area contributed by atoms with E-state index >= 15 is 0 Å². The Kier molecular flexibility index (Phi) is 9.33. The van der Waals surface area contributed by atoms with Gasteiger partial charge in [-0.1, -0.05) is 32.0 Å². The van der Waals surface area contributed by atoms with Gasteiger partial charge in [0.05, 0.1) is 37.1 Å². The molecule has 2 amide bonds. The maximum Gasteiger partial charge on any atom is 0.482 e. The molecule has 6 aliphatic rings. The number of likely N-dealkylation sites (tertiary alicyclic amines) is 1. The summed E-state index contributed by atoms with van der Waals surface area (Å²) < 4.78 is 25.1. The van der Waals surface area contributed by atoms with Gasteiger partial charge in [-0.15, -0.1) is 0 Å². The Labute approximate surface area is 295 Å². The van der Waals surface area contributed by atoms with Gasteiger partial charge in [0.1, 0.15) is 17.2 Å². The SMILES string of the molecule is CC1(C)[C@@H]2C[C@H]3OB([C@H](Cc4coc5ccccc45)N(C[C@H]4CCCCN4C(=O)/C(C#N)=C/C(C)(C)N4CCOCC4)C(=O)O)O[C@@]3(C)[C@H]1C2. The zero-order chi connectivity index (χ0) is 35.4. The number of hydrogen-bond donors (Lipinski definition) is 1. The first-order chi connectivity index (χ1) is 23.8. The molecule has 2 aromatic rings. The maximum atomic E-state index is 14.2. The highest BCUT2D eigenvalue weighted by Crippen LogP contribution is 2.66. The van der Waals surface area contributed by atoms with E-state index in [1.165, 1.54) is 4.90 Å². The van der Waals surface area contributed by atoms with Gasteiger partial charge in [-0.25, -0.2) is 4.79 Å². The lowest BCUT2D eigenvalue weighted by Crippen LogP contribution is -2.65. The van der Waals surface area contributed by atoms with Crippen LogP contribution in [0.5, 0.6) is 0 Å². The summed E-state index contributed by atoms with van der Waals surface area (Å²) in [5.74, 6) is -0.171. The fraction of sp³-hybridized carbons (Fsp3) is 0.658. The molecule has 3 saturated carbocycles. The zero-order valence-electron chi connectivity index (χ0n) is 30.1. The van der Waals surface area contributed by atoms with Crippen molar-refractivity contribution < 1.29 is 33.2 Å². The number of nitriles is 1. The average Bonchev–Trinajstić information content (AvgIpc) is 3.69. The predicted octanol–water partition coefficient (Wildman–Crippen LogP) is 5.53. The van der Waals surface area contributed by atoms with Crippen molar-refractivity contribution in [1.29, 1.82) is 5.26 Å². The Hall–Kier alpha value is -3.37. The van der Waals surface area contributed by atoms with Crippen molar-refractivity contribution in [2.45, 2.75) is 102 Å². The van der Waals surface area contributed by atoms with Crippen LogP contribution in [0.3, 0.4) is 0 Å². The van der Waals surface area contributed by atoms with Gasteiger partial charge in [0.2, 0.25) is 0 Å². The second kappa shape index (κ2) is 13.3. The molecule has 3 aliphatic carbocycles. The van der Waals surface area contributed by atoms with E-state index in [0.717, 1.165) is 42.2 Å². The second-order valence-corrected chi connectivity index (χ2v) is 16.4. The summed E-state index contributed by atoms with van der Waals surface area (Å²) in [6, 6.07) is 9.53. The van der Waals surface area contributed by atoms with Crippen LogP contribution >= 0.6 is 0 Å². The molecule has 50 heavy (non-hydrogen) atoms. The van der Waals surface area contributed by atoms with Gasteiger partial charge in [0, 0.05) is 43.1 Å². The molecule has 0 radical (unpaired) electrons. The zero-order valence-corrected chi connectivity index (χ0v) is 30.1. The standard InChI is InChI=1S/C38H51BN4O7/c1-36(2,41-14-16-47-17-15-41)21-26(22-40)34(44)42-13-9-8-10-28(42)23-43(35(45)46)33(18-25-24-48-30-12-7-6-11-29(25)30)39-49-32-20-27-19-31(37(27,3)4)38(32,5)50-39/h6-7,11-12,21,24,27-28,31-33H,8-10,13-20,23H2,1-5H3,(H,45,46)/b26-21+/t27-,28+,31-,32+,33-,38-/m0/s1. The van der Waals surface area contributed by atoms with E-state index in [1.54, 1.807) is 17.2 Å². The summed E-state index contributed by atoms with van der Waals surface area (Å²) in [4.78, 5) is 32.9. The summed E-state index contributed by atoms with van der Waals surface area (Å²) in [7, 11) is -0.790. The Morgan fingerprint density at radius 3 is 2.64 bits per heavy atom. The van der Waals surface area contributed by atoms with E-state index < -0.39 is 36.3 Å². The predicted molar refractivity (Wildman–Crippen MR) is 188 cm³/mol. The number of carbonyl (C=O) groups excluding carboxylic acids is 1. The number of hydrogen-bond acceptors (Lipinski definition) is 8. The molecular weight excluding hydrogens is 635 g/mol. The molecule has 11 nitrogen and oxygen atoms in total. The lowest BCUT2D eigenvalue weighted by molar-refractivity contribution is -0.199. The third kappa shape index (κ3) is 6.14. The van der Waals surface area contributed by atoms with E-state index in [1.807, 2.05) is 38.1 Å². The van der Waals surface area contributed by atoms with E-state index in [-0.39, 0.29) is 29.5 Å². The molecule has 0 unspecified atom stereocenters. The highest BCUT2D eigenvalue weighted by Gasteiger charge is 2.69. The summed E-state index contributed by atoms with van der Waals surface area (Å²) in [5, 5.41) is 22.1. The van der Waals surface area contributed by atoms with Crippen molar-refractivity contribution in [3.05, 3.63) is 47.7 Å². The first-order valence-electron chi connectivity index (χ1n) is 18.4. The van der Waals surface area contributed by atoms with Crippen LogP contribution < -0.4 is 0 Å². The van der Waals surface area contributed by atoms with Crippen LogP contribution in [-0.2, 0) is 25.3 Å². The molecule has 8 rings (SSSR count). The number of piperidine rings is 1. The lowest BCUT2D eigenvalue weighted by atomic mass is 9.43. The smallest absolute Gasteiger partial charge is 0.465 e. The van der Waals surface area contributed by atoms with Gasteiger partial charge < -0.3 is 33.4 Å². The van der Waals surface area contributed by atoms with Crippen molar-refractivity contribution in [3.8, 4) is 6.07 Å². The van der Waals surface area contributed by atoms with Crippen LogP contribution in [0.15, 0.2) is 46.6 Å². The van der Waals surface area contributed by atoms with Gasteiger partial charge in [0.25, 0.3) is 5.91 Å². The number of benzene rings is 1. The van der Waals surface area contributed by atoms with Gasteiger partial charge in [-0.2, -0.15) is 5.26 Å². The highest BCUT2D eigenvalue weighted by atomic mass is 16.7. The van der Waals surface area contributed by atoms with Crippen LogP contribution in [0.25, 0.3) is 11.0 Å².